The van der Waals surface area contributed by atoms with Crippen LogP contribution in [0.3, 0.4) is 0 Å². The third-order valence-electron chi connectivity index (χ3n) is 3.34. The Kier molecular flexibility index (Phi) is 3.59. The quantitative estimate of drug-likeness (QED) is 0.721. The van der Waals surface area contributed by atoms with Gasteiger partial charge < -0.3 is 15.0 Å². The zero-order chi connectivity index (χ0) is 10.7. The van der Waals surface area contributed by atoms with E-state index in [1.807, 2.05) is 11.9 Å². The van der Waals surface area contributed by atoms with Crippen LogP contribution in [0.4, 0.5) is 0 Å². The number of carbonyl (C=O) groups excluding carboxylic acids is 1. The predicted molar refractivity (Wildman–Crippen MR) is 57.5 cm³/mol. The van der Waals surface area contributed by atoms with E-state index in [1.165, 1.54) is 0 Å². The molecule has 0 aromatic rings. The van der Waals surface area contributed by atoms with E-state index in [2.05, 4.69) is 5.32 Å². The molecule has 4 heteroatoms. The number of ether oxygens (including phenoxy) is 1. The van der Waals surface area contributed by atoms with Crippen molar-refractivity contribution in [2.45, 2.75) is 12.8 Å². The van der Waals surface area contributed by atoms with E-state index < -0.39 is 0 Å². The van der Waals surface area contributed by atoms with E-state index in [1.54, 1.807) is 0 Å². The number of rotatable bonds is 3. The minimum Gasteiger partial charge on any atom is -0.381 e. The number of nitrogens with zero attached hydrogens (tertiary/aromatic N) is 1. The van der Waals surface area contributed by atoms with E-state index in [0.717, 1.165) is 45.7 Å². The maximum atomic E-state index is 12.0. The SMILES string of the molecule is CN(CC1CCOC1)C(=O)C1CCNC1. The summed E-state index contributed by atoms with van der Waals surface area (Å²) in [6.45, 7) is 4.37. The molecule has 2 atom stereocenters. The first-order valence-electron chi connectivity index (χ1n) is 5.81. The number of hydrogen-bond acceptors (Lipinski definition) is 3. The molecule has 2 unspecified atom stereocenters. The van der Waals surface area contributed by atoms with Crippen molar-refractivity contribution in [1.29, 1.82) is 0 Å². The van der Waals surface area contributed by atoms with Gasteiger partial charge in [0.1, 0.15) is 0 Å². The normalized spacial score (nSPS) is 30.7. The summed E-state index contributed by atoms with van der Waals surface area (Å²) in [6.07, 6.45) is 2.09. The summed E-state index contributed by atoms with van der Waals surface area (Å²) in [7, 11) is 1.92. The smallest absolute Gasteiger partial charge is 0.226 e. The van der Waals surface area contributed by atoms with Crippen molar-refractivity contribution in [2.24, 2.45) is 11.8 Å². The van der Waals surface area contributed by atoms with E-state index in [9.17, 15) is 4.79 Å². The summed E-state index contributed by atoms with van der Waals surface area (Å²) in [5, 5.41) is 3.23. The molecular formula is C11H20N2O2. The molecule has 2 aliphatic rings. The van der Waals surface area contributed by atoms with Crippen LogP contribution in [0.2, 0.25) is 0 Å². The molecule has 2 saturated heterocycles. The molecule has 15 heavy (non-hydrogen) atoms. The van der Waals surface area contributed by atoms with Crippen LogP contribution < -0.4 is 5.32 Å². The Balaban J connectivity index is 1.78. The first kappa shape index (κ1) is 10.9. The molecule has 1 N–H and O–H groups in total. The van der Waals surface area contributed by atoms with Crippen LogP contribution in [0.25, 0.3) is 0 Å². The van der Waals surface area contributed by atoms with Gasteiger partial charge in [-0.2, -0.15) is 0 Å². The van der Waals surface area contributed by atoms with Gasteiger partial charge in [-0.15, -0.1) is 0 Å². The average molecular weight is 212 g/mol. The monoisotopic (exact) mass is 212 g/mol. The minimum atomic E-state index is 0.206. The highest BCUT2D eigenvalue weighted by Crippen LogP contribution is 2.16. The third-order valence-corrected chi connectivity index (χ3v) is 3.34. The Morgan fingerprint density at radius 1 is 1.53 bits per heavy atom. The largest absolute Gasteiger partial charge is 0.381 e. The van der Waals surface area contributed by atoms with Gasteiger partial charge in [0, 0.05) is 32.7 Å². The second kappa shape index (κ2) is 4.94. The van der Waals surface area contributed by atoms with Crippen LogP contribution in [-0.2, 0) is 9.53 Å². The fourth-order valence-electron chi connectivity index (χ4n) is 2.38. The maximum absolute atomic E-state index is 12.0. The van der Waals surface area contributed by atoms with E-state index in [0.29, 0.717) is 11.8 Å². The number of carbonyl (C=O) groups is 1. The van der Waals surface area contributed by atoms with Gasteiger partial charge in [0.25, 0.3) is 0 Å². The van der Waals surface area contributed by atoms with Crippen molar-refractivity contribution in [2.75, 3.05) is 39.9 Å². The average Bonchev–Trinajstić information content (AvgIpc) is 2.88. The Hall–Kier alpha value is -0.610. The number of amides is 1. The molecular weight excluding hydrogens is 192 g/mol. The van der Waals surface area contributed by atoms with Crippen LogP contribution in [0.1, 0.15) is 12.8 Å². The van der Waals surface area contributed by atoms with Gasteiger partial charge in [-0.3, -0.25) is 4.79 Å². The summed E-state index contributed by atoms with van der Waals surface area (Å²) in [6, 6.07) is 0. The molecule has 0 radical (unpaired) electrons. The van der Waals surface area contributed by atoms with Gasteiger partial charge in [-0.05, 0) is 19.4 Å². The first-order valence-corrected chi connectivity index (χ1v) is 5.81. The molecule has 2 aliphatic heterocycles. The second-order valence-electron chi connectivity index (χ2n) is 4.64. The predicted octanol–water partition coefficient (Wildman–Crippen LogP) is 0.0908. The number of hydrogen-bond donors (Lipinski definition) is 1. The van der Waals surface area contributed by atoms with Crippen LogP contribution in [0.15, 0.2) is 0 Å². The topological polar surface area (TPSA) is 41.6 Å². The Morgan fingerprint density at radius 3 is 3.00 bits per heavy atom. The van der Waals surface area contributed by atoms with Gasteiger partial charge in [-0.1, -0.05) is 0 Å². The molecule has 0 aromatic heterocycles. The molecule has 2 heterocycles. The highest BCUT2D eigenvalue weighted by molar-refractivity contribution is 5.79. The molecule has 2 rings (SSSR count). The third kappa shape index (κ3) is 2.69. The van der Waals surface area contributed by atoms with Gasteiger partial charge in [0.15, 0.2) is 0 Å². The lowest BCUT2D eigenvalue weighted by atomic mass is 10.1. The summed E-state index contributed by atoms with van der Waals surface area (Å²) < 4.78 is 5.31. The molecule has 4 nitrogen and oxygen atoms in total. The molecule has 1 amide bonds. The lowest BCUT2D eigenvalue weighted by Gasteiger charge is -2.23. The van der Waals surface area contributed by atoms with Crippen molar-refractivity contribution in [1.82, 2.24) is 10.2 Å². The van der Waals surface area contributed by atoms with Crippen LogP contribution in [0.5, 0.6) is 0 Å². The lowest BCUT2D eigenvalue weighted by Crippen LogP contribution is -2.37. The highest BCUT2D eigenvalue weighted by atomic mass is 16.5. The summed E-state index contributed by atoms with van der Waals surface area (Å²) in [4.78, 5) is 13.9. The Labute approximate surface area is 91.0 Å². The lowest BCUT2D eigenvalue weighted by molar-refractivity contribution is -0.134. The van der Waals surface area contributed by atoms with Crippen molar-refractivity contribution >= 4 is 5.91 Å². The van der Waals surface area contributed by atoms with Crippen LogP contribution in [-0.4, -0.2) is 50.7 Å². The van der Waals surface area contributed by atoms with Crippen molar-refractivity contribution in [3.8, 4) is 0 Å². The molecule has 0 aromatic carbocycles. The summed E-state index contributed by atoms with van der Waals surface area (Å²) >= 11 is 0. The Morgan fingerprint density at radius 2 is 2.40 bits per heavy atom. The maximum Gasteiger partial charge on any atom is 0.226 e. The van der Waals surface area contributed by atoms with Crippen molar-refractivity contribution < 1.29 is 9.53 Å². The highest BCUT2D eigenvalue weighted by Gasteiger charge is 2.27. The number of nitrogens with one attached hydrogen (secondary N) is 1. The molecule has 0 aliphatic carbocycles. The fourth-order valence-corrected chi connectivity index (χ4v) is 2.38. The fraction of sp³-hybridized carbons (Fsp3) is 0.909. The molecule has 86 valence electrons. The zero-order valence-electron chi connectivity index (χ0n) is 9.37. The van der Waals surface area contributed by atoms with Gasteiger partial charge >= 0.3 is 0 Å². The minimum absolute atomic E-state index is 0.206. The molecule has 0 saturated carbocycles. The first-order chi connectivity index (χ1) is 7.27. The summed E-state index contributed by atoms with van der Waals surface area (Å²) in [5.41, 5.74) is 0. The van der Waals surface area contributed by atoms with E-state index in [4.69, 9.17) is 4.74 Å². The van der Waals surface area contributed by atoms with Crippen molar-refractivity contribution in [3.05, 3.63) is 0 Å². The van der Waals surface area contributed by atoms with Crippen LogP contribution >= 0.6 is 0 Å². The van der Waals surface area contributed by atoms with E-state index in [-0.39, 0.29) is 5.92 Å². The van der Waals surface area contributed by atoms with E-state index >= 15 is 0 Å². The van der Waals surface area contributed by atoms with Crippen LogP contribution in [0, 0.1) is 11.8 Å². The molecule has 0 bridgehead atoms. The standard InChI is InChI=1S/C11H20N2O2/c1-13(7-9-3-5-15-8-9)11(14)10-2-4-12-6-10/h9-10,12H,2-8H2,1H3. The summed E-state index contributed by atoms with van der Waals surface area (Å²) in [5.74, 6) is 1.05. The molecule has 2 fully saturated rings. The van der Waals surface area contributed by atoms with Gasteiger partial charge in [0.05, 0.1) is 12.5 Å². The molecule has 0 spiro atoms. The van der Waals surface area contributed by atoms with Crippen molar-refractivity contribution in [3.63, 3.8) is 0 Å². The zero-order valence-corrected chi connectivity index (χ0v) is 9.37. The Bertz CT molecular complexity index is 221. The second-order valence-corrected chi connectivity index (χ2v) is 4.64. The van der Waals surface area contributed by atoms with Gasteiger partial charge in [-0.25, -0.2) is 0 Å². The van der Waals surface area contributed by atoms with Gasteiger partial charge in [0.2, 0.25) is 5.91 Å².